The van der Waals surface area contributed by atoms with Gasteiger partial charge in [0, 0.05) is 24.2 Å². The number of amides is 1. The first kappa shape index (κ1) is 23.2. The van der Waals surface area contributed by atoms with Gasteiger partial charge in [-0.3, -0.25) is 9.48 Å². The van der Waals surface area contributed by atoms with Gasteiger partial charge in [0.15, 0.2) is 0 Å². The van der Waals surface area contributed by atoms with Crippen LogP contribution in [0.15, 0.2) is 36.9 Å². The zero-order valence-electron chi connectivity index (χ0n) is 19.1. The van der Waals surface area contributed by atoms with E-state index in [2.05, 4.69) is 21.9 Å². The Balaban J connectivity index is 1.49. The van der Waals surface area contributed by atoms with Gasteiger partial charge in [-0.1, -0.05) is 49.9 Å². The van der Waals surface area contributed by atoms with Crippen molar-refractivity contribution < 1.29 is 4.79 Å². The van der Waals surface area contributed by atoms with Crippen LogP contribution < -0.4 is 5.73 Å². The number of nitrogens with two attached hydrogens (primary N) is 1. The van der Waals surface area contributed by atoms with Gasteiger partial charge < -0.3 is 10.6 Å². The topological polar surface area (TPSA) is 77.0 Å². The lowest BCUT2D eigenvalue weighted by Gasteiger charge is -2.51. The summed E-state index contributed by atoms with van der Waals surface area (Å²) in [5, 5.41) is 5.13. The predicted molar refractivity (Wildman–Crippen MR) is 127 cm³/mol. The summed E-state index contributed by atoms with van der Waals surface area (Å²) in [6.45, 7) is 3.87. The van der Waals surface area contributed by atoms with Crippen LogP contribution in [0.3, 0.4) is 0 Å². The minimum Gasteiger partial charge on any atom is -0.338 e. The van der Waals surface area contributed by atoms with Crippen molar-refractivity contribution in [3.8, 4) is 0 Å². The molecule has 2 aromatic rings. The molecule has 4 rings (SSSR count). The lowest BCUT2D eigenvalue weighted by atomic mass is 9.62. The van der Waals surface area contributed by atoms with Crippen molar-refractivity contribution >= 4 is 17.5 Å². The molecular formula is C25H36ClN5O. The lowest BCUT2D eigenvalue weighted by molar-refractivity contribution is -0.140. The molecule has 2 unspecified atom stereocenters. The molecule has 2 aliphatic rings. The van der Waals surface area contributed by atoms with Gasteiger partial charge in [-0.2, -0.15) is 5.10 Å². The third-order valence-corrected chi connectivity index (χ3v) is 8.04. The Kier molecular flexibility index (Phi) is 7.51. The van der Waals surface area contributed by atoms with Crippen molar-refractivity contribution in [2.75, 3.05) is 6.54 Å². The molecule has 1 aliphatic carbocycles. The molecule has 7 heteroatoms. The van der Waals surface area contributed by atoms with Crippen molar-refractivity contribution in [1.82, 2.24) is 19.7 Å². The van der Waals surface area contributed by atoms with Crippen LogP contribution in [-0.4, -0.2) is 44.2 Å². The number of carbonyl (C=O) groups excluding carboxylic acids is 1. The van der Waals surface area contributed by atoms with E-state index in [9.17, 15) is 4.79 Å². The summed E-state index contributed by atoms with van der Waals surface area (Å²) in [6.07, 6.45) is 13.5. The molecule has 6 nitrogen and oxygen atoms in total. The number of hydrogen-bond donors (Lipinski definition) is 1. The molecule has 2 N–H and O–H groups in total. The maximum atomic E-state index is 13.4. The first-order valence-corrected chi connectivity index (χ1v) is 12.5. The molecule has 1 aromatic carbocycles. The largest absolute Gasteiger partial charge is 0.338 e. The molecule has 2 fully saturated rings. The van der Waals surface area contributed by atoms with Crippen LogP contribution in [0, 0.1) is 11.3 Å². The number of piperidine rings is 1. The highest BCUT2D eigenvalue weighted by molar-refractivity contribution is 6.30. The lowest BCUT2D eigenvalue weighted by Crippen LogP contribution is -2.57. The number of rotatable bonds is 7. The standard InChI is InChI=1S/C25H36ClN5O/c1-2-22-15-25(16-30-18-28-17-29-30,20-6-4-3-5-7-20)12-13-31(22)24(32)23(27)14-19-8-10-21(26)11-9-19/h8-11,17-18,20,22-23H,2-7,12-16,27H2,1H3/t22?,23-,25?/m0/s1. The quantitative estimate of drug-likeness (QED) is 0.665. The first-order valence-electron chi connectivity index (χ1n) is 12.1. The number of nitrogens with zero attached hydrogens (tertiary/aromatic N) is 4. The van der Waals surface area contributed by atoms with Crippen molar-refractivity contribution in [3.05, 3.63) is 47.5 Å². The Hall–Kier alpha value is -1.92. The van der Waals surface area contributed by atoms with Gasteiger partial charge >= 0.3 is 0 Å². The Morgan fingerprint density at radius 3 is 2.66 bits per heavy atom. The molecule has 0 radical (unpaired) electrons. The third-order valence-electron chi connectivity index (χ3n) is 7.79. The van der Waals surface area contributed by atoms with Crippen molar-refractivity contribution in [1.29, 1.82) is 0 Å². The second-order valence-electron chi connectivity index (χ2n) is 9.78. The minimum atomic E-state index is -0.525. The molecular weight excluding hydrogens is 422 g/mol. The average Bonchev–Trinajstić information content (AvgIpc) is 3.33. The van der Waals surface area contributed by atoms with Gasteiger partial charge in [0.05, 0.1) is 6.04 Å². The van der Waals surface area contributed by atoms with Gasteiger partial charge in [0.2, 0.25) is 5.91 Å². The van der Waals surface area contributed by atoms with E-state index in [4.69, 9.17) is 17.3 Å². The van der Waals surface area contributed by atoms with Gasteiger partial charge in [-0.05, 0) is 67.6 Å². The highest BCUT2D eigenvalue weighted by Gasteiger charge is 2.46. The fourth-order valence-corrected chi connectivity index (χ4v) is 6.16. The Labute approximate surface area is 196 Å². The molecule has 1 saturated heterocycles. The average molecular weight is 458 g/mol. The minimum absolute atomic E-state index is 0.0739. The predicted octanol–water partition coefficient (Wildman–Crippen LogP) is 4.47. The number of likely N-dealkylation sites (tertiary alicyclic amines) is 1. The first-order chi connectivity index (χ1) is 15.5. The molecule has 1 amide bonds. The number of aromatic nitrogens is 3. The van der Waals surface area contributed by atoms with Crippen LogP contribution in [0.2, 0.25) is 5.02 Å². The van der Waals surface area contributed by atoms with Crippen LogP contribution in [0.5, 0.6) is 0 Å². The van der Waals surface area contributed by atoms with E-state index in [1.54, 1.807) is 6.33 Å². The zero-order valence-corrected chi connectivity index (χ0v) is 19.9. The Morgan fingerprint density at radius 2 is 2.00 bits per heavy atom. The molecule has 174 valence electrons. The maximum Gasteiger partial charge on any atom is 0.240 e. The van der Waals surface area contributed by atoms with E-state index in [1.165, 1.54) is 32.1 Å². The monoisotopic (exact) mass is 457 g/mol. The van der Waals surface area contributed by atoms with Gasteiger partial charge in [-0.25, -0.2) is 4.98 Å². The van der Waals surface area contributed by atoms with E-state index < -0.39 is 6.04 Å². The van der Waals surface area contributed by atoms with Crippen molar-refractivity contribution in [2.45, 2.75) is 83.3 Å². The fourth-order valence-electron chi connectivity index (χ4n) is 6.03. The summed E-state index contributed by atoms with van der Waals surface area (Å²) in [7, 11) is 0. The van der Waals surface area contributed by atoms with Crippen LogP contribution in [-0.2, 0) is 17.8 Å². The highest BCUT2D eigenvalue weighted by Crippen LogP contribution is 2.49. The number of carbonyl (C=O) groups is 1. The van der Waals surface area contributed by atoms with Crippen LogP contribution in [0.25, 0.3) is 0 Å². The smallest absolute Gasteiger partial charge is 0.240 e. The SMILES string of the molecule is CCC1CC(Cn2cncn2)(C2CCCCC2)CCN1C(=O)[C@@H](N)Cc1ccc(Cl)cc1. The van der Waals surface area contributed by atoms with E-state index >= 15 is 0 Å². The van der Waals surface area contributed by atoms with Crippen LogP contribution >= 0.6 is 11.6 Å². The van der Waals surface area contributed by atoms with E-state index in [1.807, 2.05) is 35.3 Å². The number of halogens is 1. The molecule has 3 atom stereocenters. The molecule has 1 aliphatic heterocycles. The second kappa shape index (κ2) is 10.3. The van der Waals surface area contributed by atoms with Crippen LogP contribution in [0.4, 0.5) is 0 Å². The summed E-state index contributed by atoms with van der Waals surface area (Å²) in [4.78, 5) is 19.6. The van der Waals surface area contributed by atoms with E-state index in [-0.39, 0.29) is 17.4 Å². The molecule has 0 bridgehead atoms. The maximum absolute atomic E-state index is 13.4. The van der Waals surface area contributed by atoms with Crippen molar-refractivity contribution in [2.24, 2.45) is 17.1 Å². The zero-order chi connectivity index (χ0) is 22.6. The summed E-state index contributed by atoms with van der Waals surface area (Å²) in [5.74, 6) is 0.763. The molecule has 2 heterocycles. The van der Waals surface area contributed by atoms with Crippen LogP contribution in [0.1, 0.15) is 63.9 Å². The Morgan fingerprint density at radius 1 is 1.25 bits per heavy atom. The highest BCUT2D eigenvalue weighted by atomic mass is 35.5. The van der Waals surface area contributed by atoms with Gasteiger partial charge in [0.25, 0.3) is 0 Å². The molecule has 1 aromatic heterocycles. The molecule has 0 spiro atoms. The van der Waals surface area contributed by atoms with Crippen molar-refractivity contribution in [3.63, 3.8) is 0 Å². The second-order valence-corrected chi connectivity index (χ2v) is 10.2. The van der Waals surface area contributed by atoms with Gasteiger partial charge in [-0.15, -0.1) is 0 Å². The summed E-state index contributed by atoms with van der Waals surface area (Å²) < 4.78 is 2.01. The van der Waals surface area contributed by atoms with E-state index in [0.29, 0.717) is 17.4 Å². The van der Waals surface area contributed by atoms with E-state index in [0.717, 1.165) is 37.9 Å². The molecule has 1 saturated carbocycles. The number of hydrogen-bond acceptors (Lipinski definition) is 4. The molecule has 32 heavy (non-hydrogen) atoms. The fraction of sp³-hybridized carbons (Fsp3) is 0.640. The van der Waals surface area contributed by atoms with Gasteiger partial charge in [0.1, 0.15) is 12.7 Å². The normalized spacial score (nSPS) is 25.6. The summed E-state index contributed by atoms with van der Waals surface area (Å²) >= 11 is 6.00. The summed E-state index contributed by atoms with van der Waals surface area (Å²) in [5.41, 5.74) is 7.63. The summed E-state index contributed by atoms with van der Waals surface area (Å²) in [6, 6.07) is 7.31. The Bertz CT molecular complexity index is 865. The number of benzene rings is 1. The third kappa shape index (κ3) is 5.18.